The van der Waals surface area contributed by atoms with Crippen molar-refractivity contribution in [2.45, 2.75) is 32.1 Å². The highest BCUT2D eigenvalue weighted by Crippen LogP contribution is 2.53. The number of benzene rings is 1. The minimum atomic E-state index is -0.100. The van der Waals surface area contributed by atoms with Gasteiger partial charge in [-0.25, -0.2) is 0 Å². The molecule has 94 valence electrons. The summed E-state index contributed by atoms with van der Waals surface area (Å²) in [5, 5.41) is 9.56. The third-order valence-corrected chi connectivity index (χ3v) is 3.94. The zero-order valence-corrected chi connectivity index (χ0v) is 11.0. The minimum absolute atomic E-state index is 0.100. The standard InChI is InChI=1S/C14H20O3/c1-9-10(2)13(17-4)11(7-12(9)16-3)14(8-15)5-6-14/h7,15H,5-6,8H2,1-4H3. The van der Waals surface area contributed by atoms with E-state index in [0.717, 1.165) is 41.0 Å². The van der Waals surface area contributed by atoms with Crippen LogP contribution in [-0.2, 0) is 5.41 Å². The van der Waals surface area contributed by atoms with Gasteiger partial charge in [-0.3, -0.25) is 0 Å². The van der Waals surface area contributed by atoms with Crippen molar-refractivity contribution in [3.8, 4) is 11.5 Å². The molecule has 1 aromatic carbocycles. The van der Waals surface area contributed by atoms with Crippen LogP contribution in [0.1, 0.15) is 29.5 Å². The molecule has 1 aromatic rings. The second-order valence-corrected chi connectivity index (χ2v) is 4.85. The molecule has 0 spiro atoms. The molecule has 0 radical (unpaired) electrons. The molecular formula is C14H20O3. The Kier molecular flexibility index (Phi) is 3.04. The maximum atomic E-state index is 9.56. The van der Waals surface area contributed by atoms with Crippen molar-refractivity contribution in [2.24, 2.45) is 0 Å². The first-order valence-electron chi connectivity index (χ1n) is 5.93. The SMILES string of the molecule is COc1cc(C2(CO)CC2)c(OC)c(C)c1C. The van der Waals surface area contributed by atoms with Gasteiger partial charge in [0.05, 0.1) is 20.8 Å². The number of aliphatic hydroxyl groups is 1. The molecule has 0 amide bonds. The van der Waals surface area contributed by atoms with Crippen molar-refractivity contribution in [3.63, 3.8) is 0 Å². The van der Waals surface area contributed by atoms with Gasteiger partial charge >= 0.3 is 0 Å². The molecule has 0 saturated heterocycles. The van der Waals surface area contributed by atoms with Crippen LogP contribution >= 0.6 is 0 Å². The summed E-state index contributed by atoms with van der Waals surface area (Å²) in [6.45, 7) is 4.24. The van der Waals surface area contributed by atoms with E-state index in [2.05, 4.69) is 0 Å². The largest absolute Gasteiger partial charge is 0.496 e. The van der Waals surface area contributed by atoms with Crippen molar-refractivity contribution < 1.29 is 14.6 Å². The number of hydrogen-bond acceptors (Lipinski definition) is 3. The van der Waals surface area contributed by atoms with E-state index in [0.29, 0.717) is 0 Å². The molecule has 1 aliphatic carbocycles. The van der Waals surface area contributed by atoms with E-state index in [1.54, 1.807) is 14.2 Å². The lowest BCUT2D eigenvalue weighted by molar-refractivity contribution is 0.251. The molecule has 2 rings (SSSR count). The van der Waals surface area contributed by atoms with Crippen LogP contribution in [0.3, 0.4) is 0 Å². The van der Waals surface area contributed by atoms with Crippen molar-refractivity contribution >= 4 is 0 Å². The molecule has 0 heterocycles. The van der Waals surface area contributed by atoms with E-state index in [4.69, 9.17) is 9.47 Å². The molecule has 0 bridgehead atoms. The third kappa shape index (κ3) is 1.78. The zero-order chi connectivity index (χ0) is 12.6. The fraction of sp³-hybridized carbons (Fsp3) is 0.571. The Morgan fingerprint density at radius 1 is 1.18 bits per heavy atom. The van der Waals surface area contributed by atoms with Gasteiger partial charge in [-0.15, -0.1) is 0 Å². The summed E-state index contributed by atoms with van der Waals surface area (Å²) >= 11 is 0. The zero-order valence-electron chi connectivity index (χ0n) is 11.0. The van der Waals surface area contributed by atoms with Crippen LogP contribution in [0.15, 0.2) is 6.07 Å². The molecule has 0 unspecified atom stereocenters. The van der Waals surface area contributed by atoms with Crippen molar-refractivity contribution in [1.82, 2.24) is 0 Å². The molecule has 1 saturated carbocycles. The molecule has 0 aliphatic heterocycles. The Balaban J connectivity index is 2.61. The van der Waals surface area contributed by atoms with Gasteiger partial charge in [0, 0.05) is 11.0 Å². The summed E-state index contributed by atoms with van der Waals surface area (Å²) in [6, 6.07) is 2.02. The van der Waals surface area contributed by atoms with Gasteiger partial charge in [0.25, 0.3) is 0 Å². The van der Waals surface area contributed by atoms with Gasteiger partial charge in [-0.1, -0.05) is 0 Å². The van der Waals surface area contributed by atoms with Crippen LogP contribution in [0.5, 0.6) is 11.5 Å². The molecule has 3 nitrogen and oxygen atoms in total. The first-order valence-corrected chi connectivity index (χ1v) is 5.93. The predicted molar refractivity (Wildman–Crippen MR) is 67.0 cm³/mol. The monoisotopic (exact) mass is 236 g/mol. The van der Waals surface area contributed by atoms with E-state index in [9.17, 15) is 5.11 Å². The number of hydrogen-bond donors (Lipinski definition) is 1. The van der Waals surface area contributed by atoms with Crippen LogP contribution in [0.25, 0.3) is 0 Å². The lowest BCUT2D eigenvalue weighted by Gasteiger charge is -2.21. The van der Waals surface area contributed by atoms with Crippen LogP contribution < -0.4 is 9.47 Å². The van der Waals surface area contributed by atoms with Crippen LogP contribution in [-0.4, -0.2) is 25.9 Å². The lowest BCUT2D eigenvalue weighted by Crippen LogP contribution is -2.15. The third-order valence-electron chi connectivity index (χ3n) is 3.94. The molecular weight excluding hydrogens is 216 g/mol. The van der Waals surface area contributed by atoms with Crippen molar-refractivity contribution in [2.75, 3.05) is 20.8 Å². The van der Waals surface area contributed by atoms with Crippen LogP contribution in [0.2, 0.25) is 0 Å². The predicted octanol–water partition coefficient (Wildman–Crippen LogP) is 2.34. The summed E-state index contributed by atoms with van der Waals surface area (Å²) in [6.07, 6.45) is 2.04. The first-order chi connectivity index (χ1) is 8.09. The van der Waals surface area contributed by atoms with Crippen molar-refractivity contribution in [1.29, 1.82) is 0 Å². The molecule has 0 aromatic heterocycles. The Hall–Kier alpha value is -1.22. The molecule has 17 heavy (non-hydrogen) atoms. The van der Waals surface area contributed by atoms with E-state index in [-0.39, 0.29) is 12.0 Å². The summed E-state index contributed by atoms with van der Waals surface area (Å²) < 4.78 is 10.9. The Labute approximate surface area is 102 Å². The summed E-state index contributed by atoms with van der Waals surface area (Å²) in [5.74, 6) is 1.77. The highest BCUT2D eigenvalue weighted by molar-refractivity contribution is 5.56. The maximum Gasteiger partial charge on any atom is 0.126 e. The van der Waals surface area contributed by atoms with E-state index in [1.807, 2.05) is 19.9 Å². The second-order valence-electron chi connectivity index (χ2n) is 4.85. The number of methoxy groups -OCH3 is 2. The van der Waals surface area contributed by atoms with Crippen molar-refractivity contribution in [3.05, 3.63) is 22.8 Å². The molecule has 1 fully saturated rings. The van der Waals surface area contributed by atoms with E-state index < -0.39 is 0 Å². The molecule has 0 atom stereocenters. The molecule has 1 N–H and O–H groups in total. The fourth-order valence-electron chi connectivity index (χ4n) is 2.39. The minimum Gasteiger partial charge on any atom is -0.496 e. The normalized spacial score (nSPS) is 16.8. The van der Waals surface area contributed by atoms with Gasteiger partial charge in [0.2, 0.25) is 0 Å². The van der Waals surface area contributed by atoms with E-state index >= 15 is 0 Å². The first kappa shape index (κ1) is 12.2. The number of ether oxygens (including phenoxy) is 2. The Morgan fingerprint density at radius 2 is 1.82 bits per heavy atom. The van der Waals surface area contributed by atoms with Gasteiger partial charge in [-0.2, -0.15) is 0 Å². The number of rotatable bonds is 4. The Bertz CT molecular complexity index is 434. The number of aliphatic hydroxyl groups excluding tert-OH is 1. The topological polar surface area (TPSA) is 38.7 Å². The Morgan fingerprint density at radius 3 is 2.24 bits per heavy atom. The van der Waals surface area contributed by atoms with Crippen LogP contribution in [0.4, 0.5) is 0 Å². The average Bonchev–Trinajstić information content (AvgIpc) is 3.13. The average molecular weight is 236 g/mol. The summed E-state index contributed by atoms with van der Waals surface area (Å²) in [5.41, 5.74) is 3.18. The van der Waals surface area contributed by atoms with Gasteiger partial charge in [0.15, 0.2) is 0 Å². The fourth-order valence-corrected chi connectivity index (χ4v) is 2.39. The smallest absolute Gasteiger partial charge is 0.126 e. The quantitative estimate of drug-likeness (QED) is 0.872. The maximum absolute atomic E-state index is 9.56. The highest BCUT2D eigenvalue weighted by Gasteiger charge is 2.46. The summed E-state index contributed by atoms with van der Waals surface area (Å²) in [7, 11) is 3.36. The van der Waals surface area contributed by atoms with Gasteiger partial charge < -0.3 is 14.6 Å². The van der Waals surface area contributed by atoms with E-state index in [1.165, 1.54) is 0 Å². The van der Waals surface area contributed by atoms with Crippen LogP contribution in [0, 0.1) is 13.8 Å². The molecule has 1 aliphatic rings. The molecule has 3 heteroatoms. The highest BCUT2D eigenvalue weighted by atomic mass is 16.5. The second kappa shape index (κ2) is 4.22. The lowest BCUT2D eigenvalue weighted by atomic mass is 9.91. The van der Waals surface area contributed by atoms with Gasteiger partial charge in [0.1, 0.15) is 11.5 Å². The summed E-state index contributed by atoms with van der Waals surface area (Å²) in [4.78, 5) is 0. The van der Waals surface area contributed by atoms with Gasteiger partial charge in [-0.05, 0) is 43.9 Å².